The van der Waals surface area contributed by atoms with E-state index in [0.717, 1.165) is 0 Å². The highest BCUT2D eigenvalue weighted by atomic mass is 32.2. The maximum Gasteiger partial charge on any atom is 0.353 e. The summed E-state index contributed by atoms with van der Waals surface area (Å²) < 4.78 is 0. The van der Waals surface area contributed by atoms with E-state index in [1.807, 2.05) is 6.92 Å². The summed E-state index contributed by atoms with van der Waals surface area (Å²) in [6.07, 6.45) is -0.278. The third kappa shape index (κ3) is 3.99. The van der Waals surface area contributed by atoms with Gasteiger partial charge in [0.2, 0.25) is 17.7 Å². The quantitative estimate of drug-likeness (QED) is 0.296. The molecule has 3 amide bonds. The number of fused-ring (bicyclic) bond motifs is 1. The molecule has 0 saturated carbocycles. The van der Waals surface area contributed by atoms with Gasteiger partial charge in [0.25, 0.3) is 0 Å². The first-order valence-electron chi connectivity index (χ1n) is 9.58. The maximum atomic E-state index is 12.4. The second-order valence-electron chi connectivity index (χ2n) is 7.72. The van der Waals surface area contributed by atoms with Gasteiger partial charge in [-0.05, 0) is 13.3 Å². The highest BCUT2D eigenvalue weighted by molar-refractivity contribution is 8.03. The molecule has 0 spiro atoms. The van der Waals surface area contributed by atoms with Crippen molar-refractivity contribution in [2.24, 2.45) is 17.6 Å². The molecule has 11 heteroatoms. The summed E-state index contributed by atoms with van der Waals surface area (Å²) in [5, 5.41) is 25.3. The Labute approximate surface area is 172 Å². The van der Waals surface area contributed by atoms with Gasteiger partial charge in [-0.15, -0.1) is 11.8 Å². The molecule has 0 aromatic rings. The molecule has 160 valence electrons. The molecule has 0 bridgehead atoms. The van der Waals surface area contributed by atoms with Crippen LogP contribution in [0, 0.1) is 11.8 Å². The zero-order chi connectivity index (χ0) is 21.5. The number of carboxylic acid groups (broad SMARTS) is 1. The molecule has 10 nitrogen and oxygen atoms in total. The predicted molar refractivity (Wildman–Crippen MR) is 104 cm³/mol. The number of nitrogens with zero attached hydrogens (tertiary/aromatic N) is 1. The lowest BCUT2D eigenvalue weighted by Crippen LogP contribution is -2.63. The van der Waals surface area contributed by atoms with E-state index < -0.39 is 29.9 Å². The largest absolute Gasteiger partial charge is 0.477 e. The normalized spacial score (nSPS) is 32.0. The van der Waals surface area contributed by atoms with Crippen LogP contribution in [0.2, 0.25) is 0 Å². The van der Waals surface area contributed by atoms with Gasteiger partial charge in [0.1, 0.15) is 5.70 Å². The van der Waals surface area contributed by atoms with Gasteiger partial charge in [-0.1, -0.05) is 6.92 Å². The molecule has 3 rings (SSSR count). The molecule has 0 radical (unpaired) electrons. The van der Waals surface area contributed by atoms with Crippen molar-refractivity contribution in [2.75, 3.05) is 13.1 Å². The van der Waals surface area contributed by atoms with Crippen molar-refractivity contribution in [2.45, 2.75) is 50.1 Å². The molecule has 6 N–H and O–H groups in total. The summed E-state index contributed by atoms with van der Waals surface area (Å²) in [5.41, 5.74) is 5.05. The van der Waals surface area contributed by atoms with Gasteiger partial charge in [-0.2, -0.15) is 0 Å². The van der Waals surface area contributed by atoms with Crippen molar-refractivity contribution in [1.29, 1.82) is 0 Å². The van der Waals surface area contributed by atoms with Crippen molar-refractivity contribution in [3.63, 3.8) is 0 Å². The molecule has 0 aromatic heterocycles. The first-order valence-corrected chi connectivity index (χ1v) is 10.5. The SMILES string of the molecule is C[C@@H](O)[C@H]1C(=O)N2C(C(=O)O)=C(S[C@@H]3CN[C@H](C(=O)NCCC(N)=O)C3)[C@H](C)[C@H]12. The summed E-state index contributed by atoms with van der Waals surface area (Å²) in [6.45, 7) is 4.10. The third-order valence-corrected chi connectivity index (χ3v) is 7.19. The molecule has 3 heterocycles. The Hall–Kier alpha value is -2.11. The van der Waals surface area contributed by atoms with E-state index in [1.165, 1.54) is 16.7 Å². The average molecular weight is 426 g/mol. The summed E-state index contributed by atoms with van der Waals surface area (Å²) in [6, 6.07) is -0.784. The van der Waals surface area contributed by atoms with Gasteiger partial charge >= 0.3 is 5.97 Å². The van der Waals surface area contributed by atoms with Crippen LogP contribution in [0.25, 0.3) is 0 Å². The first-order chi connectivity index (χ1) is 13.6. The summed E-state index contributed by atoms with van der Waals surface area (Å²) >= 11 is 1.38. The Morgan fingerprint density at radius 2 is 2.10 bits per heavy atom. The fourth-order valence-corrected chi connectivity index (χ4v) is 5.76. The number of carbonyl (C=O) groups excluding carboxylic acids is 3. The zero-order valence-corrected chi connectivity index (χ0v) is 17.1. The van der Waals surface area contributed by atoms with Crippen LogP contribution >= 0.6 is 11.8 Å². The highest BCUT2D eigenvalue weighted by Gasteiger charge is 2.60. The zero-order valence-electron chi connectivity index (χ0n) is 16.3. The number of thioether (sulfide) groups is 1. The number of β-lactam (4-membered cyclic amide) rings is 1. The fourth-order valence-electron chi connectivity index (χ4n) is 4.28. The third-order valence-electron chi connectivity index (χ3n) is 5.68. The first kappa shape index (κ1) is 21.6. The van der Waals surface area contributed by atoms with Crippen LogP contribution in [-0.4, -0.2) is 75.3 Å². The number of aliphatic hydroxyl groups is 1. The standard InChI is InChI=1S/C18H26N4O6S/c1-7-13-12(8(2)23)17(26)22(13)14(18(27)28)15(7)29-9-5-10(21-6-9)16(25)20-4-3-11(19)24/h7-10,12-13,21,23H,3-6H2,1-2H3,(H2,19,24)(H,20,25)(H,27,28)/t7-,8-,9+,10+,12-,13-/m1/s1. The van der Waals surface area contributed by atoms with Gasteiger partial charge in [-0.3, -0.25) is 14.4 Å². The molecule has 3 aliphatic rings. The molecule has 0 aliphatic carbocycles. The van der Waals surface area contributed by atoms with Crippen molar-refractivity contribution < 1.29 is 29.4 Å². The lowest BCUT2D eigenvalue weighted by atomic mass is 9.79. The molecule has 29 heavy (non-hydrogen) atoms. The summed E-state index contributed by atoms with van der Waals surface area (Å²) in [4.78, 5) is 49.1. The predicted octanol–water partition coefficient (Wildman–Crippen LogP) is -1.40. The van der Waals surface area contributed by atoms with Crippen molar-refractivity contribution in [3.05, 3.63) is 10.6 Å². The Kier molecular flexibility index (Phi) is 6.20. The number of hydrogen-bond acceptors (Lipinski definition) is 7. The molecule has 0 unspecified atom stereocenters. The van der Waals surface area contributed by atoms with E-state index >= 15 is 0 Å². The number of rotatable bonds is 8. The summed E-state index contributed by atoms with van der Waals surface area (Å²) in [7, 11) is 0. The van der Waals surface area contributed by atoms with Crippen LogP contribution in [0.5, 0.6) is 0 Å². The summed E-state index contributed by atoms with van der Waals surface area (Å²) in [5.74, 6) is -3.03. The van der Waals surface area contributed by atoms with Crippen LogP contribution in [0.3, 0.4) is 0 Å². The Morgan fingerprint density at radius 1 is 1.41 bits per heavy atom. The van der Waals surface area contributed by atoms with Gasteiger partial charge in [0.15, 0.2) is 0 Å². The highest BCUT2D eigenvalue weighted by Crippen LogP contribution is 2.51. The van der Waals surface area contributed by atoms with E-state index in [1.54, 1.807) is 6.92 Å². The fraction of sp³-hybridized carbons (Fsp3) is 0.667. The number of aliphatic hydroxyl groups excluding tert-OH is 1. The van der Waals surface area contributed by atoms with E-state index in [4.69, 9.17) is 5.73 Å². The second kappa shape index (κ2) is 8.33. The van der Waals surface area contributed by atoms with Crippen molar-refractivity contribution in [3.8, 4) is 0 Å². The minimum Gasteiger partial charge on any atom is -0.477 e. The lowest BCUT2D eigenvalue weighted by Gasteiger charge is -2.46. The van der Waals surface area contributed by atoms with Gasteiger partial charge in [-0.25, -0.2) is 4.79 Å². The number of amides is 3. The number of aliphatic carboxylic acids is 1. The van der Waals surface area contributed by atoms with E-state index in [0.29, 0.717) is 17.9 Å². The molecule has 0 aromatic carbocycles. The number of primary amides is 1. The maximum absolute atomic E-state index is 12.4. The molecule has 6 atom stereocenters. The second-order valence-corrected chi connectivity index (χ2v) is 9.06. The Bertz CT molecular complexity index is 769. The minimum atomic E-state index is -1.16. The van der Waals surface area contributed by atoms with Gasteiger partial charge < -0.3 is 31.5 Å². The van der Waals surface area contributed by atoms with E-state index in [9.17, 15) is 29.4 Å². The molecular weight excluding hydrogens is 400 g/mol. The number of carbonyl (C=O) groups is 4. The molecule has 2 saturated heterocycles. The average Bonchev–Trinajstić information content (AvgIpc) is 3.17. The van der Waals surface area contributed by atoms with Crippen LogP contribution in [0.15, 0.2) is 10.6 Å². The molecular formula is C18H26N4O6S. The van der Waals surface area contributed by atoms with E-state index in [2.05, 4.69) is 10.6 Å². The van der Waals surface area contributed by atoms with Crippen LogP contribution in [0.4, 0.5) is 0 Å². The van der Waals surface area contributed by atoms with Crippen LogP contribution < -0.4 is 16.4 Å². The lowest BCUT2D eigenvalue weighted by molar-refractivity contribution is -0.163. The Balaban J connectivity index is 1.65. The van der Waals surface area contributed by atoms with Gasteiger partial charge in [0, 0.05) is 35.6 Å². The topological polar surface area (TPSA) is 162 Å². The van der Waals surface area contributed by atoms with E-state index in [-0.39, 0.29) is 47.7 Å². The van der Waals surface area contributed by atoms with Crippen molar-refractivity contribution in [1.82, 2.24) is 15.5 Å². The number of carboxylic acids is 1. The minimum absolute atomic E-state index is 0.0104. The number of nitrogens with two attached hydrogens (primary N) is 1. The Morgan fingerprint density at radius 3 is 2.69 bits per heavy atom. The molecule has 3 aliphatic heterocycles. The number of nitrogens with one attached hydrogen (secondary N) is 2. The van der Waals surface area contributed by atoms with Crippen LogP contribution in [-0.2, 0) is 19.2 Å². The monoisotopic (exact) mass is 426 g/mol. The van der Waals surface area contributed by atoms with Crippen molar-refractivity contribution >= 4 is 35.5 Å². The van der Waals surface area contributed by atoms with Crippen LogP contribution in [0.1, 0.15) is 26.7 Å². The number of hydrogen-bond donors (Lipinski definition) is 5. The smallest absolute Gasteiger partial charge is 0.353 e. The van der Waals surface area contributed by atoms with Gasteiger partial charge in [0.05, 0.1) is 24.1 Å². The molecule has 2 fully saturated rings.